The summed E-state index contributed by atoms with van der Waals surface area (Å²) in [6.45, 7) is 3.18. The molecule has 8 heteroatoms. The maximum absolute atomic E-state index is 13.0. The number of likely N-dealkylation sites (tertiary alicyclic amines) is 1. The molecule has 7 nitrogen and oxygen atoms in total. The number of benzene rings is 2. The Morgan fingerprint density at radius 2 is 1.84 bits per heavy atom. The van der Waals surface area contributed by atoms with E-state index in [1.54, 1.807) is 30.3 Å². The Kier molecular flexibility index (Phi) is 6.87. The third-order valence-corrected chi connectivity index (χ3v) is 5.36. The molecule has 1 amide bonds. The number of amides is 1. The number of halogens is 1. The van der Waals surface area contributed by atoms with Crippen LogP contribution in [0.4, 0.5) is 0 Å². The Labute approximate surface area is 186 Å². The molecular formula is C23H25ClN2O5. The molecule has 1 aliphatic rings. The molecule has 0 aromatic heterocycles. The number of phenols is 1. The first kappa shape index (κ1) is 22.7. The number of ether oxygens (including phenoxy) is 1. The molecule has 1 aliphatic heterocycles. The van der Waals surface area contributed by atoms with Gasteiger partial charge in [0.25, 0.3) is 11.7 Å². The molecule has 1 heterocycles. The Bertz CT molecular complexity index is 1020. The van der Waals surface area contributed by atoms with Gasteiger partial charge in [-0.15, -0.1) is 0 Å². The highest BCUT2D eigenvalue weighted by Gasteiger charge is 2.46. The quantitative estimate of drug-likeness (QED) is 0.386. The van der Waals surface area contributed by atoms with Crippen LogP contribution < -0.4 is 4.74 Å². The standard InChI is InChI=1S/C23H25ClN2O5/c1-4-31-16-8-5-14(6-9-16)21(28)19-20(15-7-10-18(27)17(24)13-15)26(12-11-25(2)3)23(30)22(19)29/h5-10,13,20,27-28H,4,11-12H2,1-3H3/b21-19-. The lowest BCUT2D eigenvalue weighted by atomic mass is 9.95. The number of rotatable bonds is 7. The lowest BCUT2D eigenvalue weighted by molar-refractivity contribution is -0.140. The van der Waals surface area contributed by atoms with Gasteiger partial charge in [-0.05, 0) is 63.0 Å². The van der Waals surface area contributed by atoms with Crippen molar-refractivity contribution in [2.75, 3.05) is 33.8 Å². The SMILES string of the molecule is CCOc1ccc(/C(O)=C2/C(=O)C(=O)N(CCN(C)C)C2c2ccc(O)c(Cl)c2)cc1. The maximum Gasteiger partial charge on any atom is 0.295 e. The minimum absolute atomic E-state index is 0.0188. The lowest BCUT2D eigenvalue weighted by Gasteiger charge is -2.26. The molecule has 0 radical (unpaired) electrons. The normalized spacial score (nSPS) is 18.1. The minimum Gasteiger partial charge on any atom is -0.507 e. The van der Waals surface area contributed by atoms with Crippen molar-refractivity contribution in [1.82, 2.24) is 9.80 Å². The largest absolute Gasteiger partial charge is 0.507 e. The van der Waals surface area contributed by atoms with Gasteiger partial charge in [0.05, 0.1) is 23.2 Å². The Morgan fingerprint density at radius 3 is 2.42 bits per heavy atom. The van der Waals surface area contributed by atoms with Gasteiger partial charge in [-0.1, -0.05) is 17.7 Å². The number of carbonyl (C=O) groups is 2. The van der Waals surface area contributed by atoms with Crippen molar-refractivity contribution >= 4 is 29.1 Å². The van der Waals surface area contributed by atoms with E-state index in [9.17, 15) is 19.8 Å². The second-order valence-electron chi connectivity index (χ2n) is 7.46. The highest BCUT2D eigenvalue weighted by molar-refractivity contribution is 6.46. The Balaban J connectivity index is 2.12. The first-order chi connectivity index (χ1) is 14.7. The van der Waals surface area contributed by atoms with E-state index in [0.29, 0.717) is 30.0 Å². The predicted molar refractivity (Wildman–Crippen MR) is 118 cm³/mol. The predicted octanol–water partition coefficient (Wildman–Crippen LogP) is 3.43. The maximum atomic E-state index is 13.0. The minimum atomic E-state index is -0.829. The Hall–Kier alpha value is -3.03. The fraction of sp³-hybridized carbons (Fsp3) is 0.304. The van der Waals surface area contributed by atoms with Crippen LogP contribution in [-0.4, -0.2) is 65.5 Å². The first-order valence-electron chi connectivity index (χ1n) is 9.89. The smallest absolute Gasteiger partial charge is 0.295 e. The van der Waals surface area contributed by atoms with Crippen LogP contribution >= 0.6 is 11.6 Å². The molecule has 0 saturated carbocycles. The summed E-state index contributed by atoms with van der Waals surface area (Å²) in [6.07, 6.45) is 0. The average molecular weight is 445 g/mol. The van der Waals surface area contributed by atoms with Gasteiger partial charge in [0.2, 0.25) is 0 Å². The average Bonchev–Trinajstić information content (AvgIpc) is 2.99. The number of ketones is 1. The summed E-state index contributed by atoms with van der Waals surface area (Å²) in [5.41, 5.74) is 0.895. The van der Waals surface area contributed by atoms with E-state index >= 15 is 0 Å². The zero-order chi connectivity index (χ0) is 22.7. The van der Waals surface area contributed by atoms with Gasteiger partial charge >= 0.3 is 0 Å². The molecule has 0 aliphatic carbocycles. The summed E-state index contributed by atoms with van der Waals surface area (Å²) in [5.74, 6) is -1.21. The van der Waals surface area contributed by atoms with Gasteiger partial charge in [0.1, 0.15) is 17.3 Å². The van der Waals surface area contributed by atoms with Gasteiger partial charge < -0.3 is 24.7 Å². The van der Waals surface area contributed by atoms with Crippen LogP contribution in [0.5, 0.6) is 11.5 Å². The fourth-order valence-electron chi connectivity index (χ4n) is 3.49. The molecule has 1 saturated heterocycles. The van der Waals surface area contributed by atoms with E-state index in [2.05, 4.69) is 0 Å². The number of phenolic OH excluding ortho intramolecular Hbond substituents is 1. The molecule has 0 bridgehead atoms. The van der Waals surface area contributed by atoms with Crippen LogP contribution in [-0.2, 0) is 9.59 Å². The van der Waals surface area contributed by atoms with E-state index in [1.165, 1.54) is 17.0 Å². The monoisotopic (exact) mass is 444 g/mol. The summed E-state index contributed by atoms with van der Waals surface area (Å²) < 4.78 is 5.42. The number of hydrogen-bond acceptors (Lipinski definition) is 6. The third-order valence-electron chi connectivity index (χ3n) is 5.05. The van der Waals surface area contributed by atoms with Gasteiger partial charge in [-0.2, -0.15) is 0 Å². The summed E-state index contributed by atoms with van der Waals surface area (Å²) in [7, 11) is 3.73. The van der Waals surface area contributed by atoms with Crippen molar-refractivity contribution in [3.8, 4) is 11.5 Å². The fourth-order valence-corrected chi connectivity index (χ4v) is 3.68. The van der Waals surface area contributed by atoms with E-state index < -0.39 is 17.7 Å². The van der Waals surface area contributed by atoms with Crippen LogP contribution in [0.3, 0.4) is 0 Å². The van der Waals surface area contributed by atoms with Crippen molar-refractivity contribution in [3.05, 3.63) is 64.2 Å². The second-order valence-corrected chi connectivity index (χ2v) is 7.87. The third kappa shape index (κ3) is 4.68. The van der Waals surface area contributed by atoms with Crippen LogP contribution in [0.25, 0.3) is 5.76 Å². The summed E-state index contributed by atoms with van der Waals surface area (Å²) in [4.78, 5) is 29.1. The molecule has 164 valence electrons. The van der Waals surface area contributed by atoms with Gasteiger partial charge in [-0.25, -0.2) is 0 Å². The molecule has 2 aromatic rings. The Morgan fingerprint density at radius 1 is 1.16 bits per heavy atom. The number of likely N-dealkylation sites (N-methyl/N-ethyl adjacent to an activating group) is 1. The first-order valence-corrected chi connectivity index (χ1v) is 10.3. The lowest BCUT2D eigenvalue weighted by Crippen LogP contribution is -2.35. The number of hydrogen-bond donors (Lipinski definition) is 2. The molecule has 1 fully saturated rings. The van der Waals surface area contributed by atoms with Crippen molar-refractivity contribution in [2.45, 2.75) is 13.0 Å². The second kappa shape index (κ2) is 9.41. The van der Waals surface area contributed by atoms with Crippen LogP contribution in [0.15, 0.2) is 48.0 Å². The number of nitrogens with zero attached hydrogens (tertiary/aromatic N) is 2. The van der Waals surface area contributed by atoms with Crippen molar-refractivity contribution in [3.63, 3.8) is 0 Å². The van der Waals surface area contributed by atoms with Crippen molar-refractivity contribution in [1.29, 1.82) is 0 Å². The van der Waals surface area contributed by atoms with Gasteiger partial charge in [0, 0.05) is 18.7 Å². The van der Waals surface area contributed by atoms with Crippen molar-refractivity contribution in [2.24, 2.45) is 0 Å². The summed E-state index contributed by atoms with van der Waals surface area (Å²) in [5, 5.41) is 20.9. The highest BCUT2D eigenvalue weighted by Crippen LogP contribution is 2.41. The molecule has 31 heavy (non-hydrogen) atoms. The summed E-state index contributed by atoms with van der Waals surface area (Å²) >= 11 is 6.09. The number of carbonyl (C=O) groups excluding carboxylic acids is 2. The molecular weight excluding hydrogens is 420 g/mol. The number of aliphatic hydroxyl groups is 1. The zero-order valence-corrected chi connectivity index (χ0v) is 18.4. The highest BCUT2D eigenvalue weighted by atomic mass is 35.5. The van der Waals surface area contributed by atoms with Gasteiger partial charge in [0.15, 0.2) is 0 Å². The molecule has 1 unspecified atom stereocenters. The molecule has 2 N–H and O–H groups in total. The number of Topliss-reactive ketones (excluding diaryl/α,β-unsaturated/α-hetero) is 1. The van der Waals surface area contributed by atoms with Crippen LogP contribution in [0.1, 0.15) is 24.1 Å². The molecule has 1 atom stereocenters. The molecule has 2 aromatic carbocycles. The van der Waals surface area contributed by atoms with Crippen LogP contribution in [0.2, 0.25) is 5.02 Å². The summed E-state index contributed by atoms with van der Waals surface area (Å²) in [6, 6.07) is 10.3. The van der Waals surface area contributed by atoms with Crippen molar-refractivity contribution < 1.29 is 24.5 Å². The zero-order valence-electron chi connectivity index (χ0n) is 17.6. The molecule has 0 spiro atoms. The van der Waals surface area contributed by atoms with E-state index in [4.69, 9.17) is 16.3 Å². The molecule has 3 rings (SSSR count). The van der Waals surface area contributed by atoms with Gasteiger partial charge in [-0.3, -0.25) is 9.59 Å². The number of aromatic hydroxyl groups is 1. The number of aliphatic hydroxyl groups excluding tert-OH is 1. The van der Waals surface area contributed by atoms with E-state index in [1.807, 2.05) is 25.9 Å². The van der Waals surface area contributed by atoms with E-state index in [0.717, 1.165) is 0 Å². The topological polar surface area (TPSA) is 90.3 Å². The van der Waals surface area contributed by atoms with E-state index in [-0.39, 0.29) is 28.6 Å². The van der Waals surface area contributed by atoms with Crippen LogP contribution in [0, 0.1) is 0 Å².